The highest BCUT2D eigenvalue weighted by Gasteiger charge is 2.56. The predicted molar refractivity (Wildman–Crippen MR) is 104 cm³/mol. The molecule has 2 aromatic heterocycles. The van der Waals surface area contributed by atoms with Crippen LogP contribution in [0.3, 0.4) is 0 Å². The molecule has 2 aliphatic carbocycles. The molecule has 2 aliphatic rings. The molecule has 1 amide bonds. The molecule has 31 heavy (non-hydrogen) atoms. The lowest BCUT2D eigenvalue weighted by atomic mass is 9.99. The van der Waals surface area contributed by atoms with Crippen LogP contribution in [0, 0.1) is 5.92 Å². The van der Waals surface area contributed by atoms with Crippen molar-refractivity contribution in [1.82, 2.24) is 15.3 Å². The summed E-state index contributed by atoms with van der Waals surface area (Å²) in [4.78, 5) is 19.4. The molecule has 166 valence electrons. The molecule has 1 N–H and O–H groups in total. The molecule has 0 bridgehead atoms. The van der Waals surface area contributed by atoms with Gasteiger partial charge in [-0.2, -0.15) is 0 Å². The summed E-state index contributed by atoms with van der Waals surface area (Å²) in [5, 5.41) is 2.61. The Morgan fingerprint density at radius 2 is 2.16 bits per heavy atom. The Kier molecular flexibility index (Phi) is 5.88. The molecule has 0 radical (unpaired) electrons. The van der Waals surface area contributed by atoms with Gasteiger partial charge in [-0.3, -0.25) is 4.79 Å². The number of oxazole rings is 1. The summed E-state index contributed by atoms with van der Waals surface area (Å²) < 4.78 is 56.8. The van der Waals surface area contributed by atoms with Crippen LogP contribution in [0.4, 0.5) is 13.2 Å². The maximum absolute atomic E-state index is 14.4. The van der Waals surface area contributed by atoms with Crippen molar-refractivity contribution in [1.29, 1.82) is 0 Å². The number of carbonyl (C=O) groups excluding carboxylic acids is 1. The second-order valence-corrected chi connectivity index (χ2v) is 7.61. The average Bonchev–Trinajstić information content (AvgIpc) is 3.13. The first-order valence-electron chi connectivity index (χ1n) is 10.0. The first-order chi connectivity index (χ1) is 14.8. The van der Waals surface area contributed by atoms with E-state index >= 15 is 0 Å². The van der Waals surface area contributed by atoms with Crippen molar-refractivity contribution in [2.24, 2.45) is 5.92 Å². The SMILES string of the molecule is CC(=O)NCCOc1cc2oc(C3C=CC(OCCC4CC4(F)F)=C(F)C3)nc2cn1. The molecule has 1 fully saturated rings. The number of pyridine rings is 1. The summed E-state index contributed by atoms with van der Waals surface area (Å²) in [6.45, 7) is 2.07. The molecule has 2 atom stereocenters. The van der Waals surface area contributed by atoms with Crippen molar-refractivity contribution >= 4 is 17.0 Å². The zero-order chi connectivity index (χ0) is 22.0. The van der Waals surface area contributed by atoms with Crippen molar-refractivity contribution in [3.63, 3.8) is 0 Å². The summed E-state index contributed by atoms with van der Waals surface area (Å²) in [5.74, 6) is -3.59. The van der Waals surface area contributed by atoms with Gasteiger partial charge < -0.3 is 19.2 Å². The lowest BCUT2D eigenvalue weighted by molar-refractivity contribution is -0.119. The molecular formula is C21H22F3N3O4. The quantitative estimate of drug-likeness (QED) is 0.597. The van der Waals surface area contributed by atoms with E-state index in [1.54, 1.807) is 12.1 Å². The van der Waals surface area contributed by atoms with E-state index in [2.05, 4.69) is 15.3 Å². The van der Waals surface area contributed by atoms with E-state index in [1.165, 1.54) is 19.2 Å². The Balaban J connectivity index is 1.33. The molecule has 7 nitrogen and oxygen atoms in total. The van der Waals surface area contributed by atoms with Gasteiger partial charge in [0.05, 0.1) is 25.3 Å². The van der Waals surface area contributed by atoms with Crippen LogP contribution >= 0.6 is 0 Å². The van der Waals surface area contributed by atoms with Gasteiger partial charge in [-0.15, -0.1) is 0 Å². The van der Waals surface area contributed by atoms with Gasteiger partial charge in [-0.25, -0.2) is 23.1 Å². The molecule has 2 heterocycles. The summed E-state index contributed by atoms with van der Waals surface area (Å²) in [5.41, 5.74) is 0.958. The van der Waals surface area contributed by atoms with Crippen LogP contribution in [0.2, 0.25) is 0 Å². The first kappa shape index (κ1) is 21.2. The van der Waals surface area contributed by atoms with Crippen molar-refractivity contribution in [2.75, 3.05) is 19.8 Å². The third-order valence-electron chi connectivity index (χ3n) is 5.14. The summed E-state index contributed by atoms with van der Waals surface area (Å²) in [7, 11) is 0. The fourth-order valence-electron chi connectivity index (χ4n) is 3.30. The van der Waals surface area contributed by atoms with Gasteiger partial charge in [0.15, 0.2) is 5.58 Å². The zero-order valence-corrected chi connectivity index (χ0v) is 16.9. The number of allylic oxidation sites excluding steroid dienone is 3. The fourth-order valence-corrected chi connectivity index (χ4v) is 3.30. The Labute approximate surface area is 176 Å². The van der Waals surface area contributed by atoms with Crippen molar-refractivity contribution in [3.05, 3.63) is 41.9 Å². The second-order valence-electron chi connectivity index (χ2n) is 7.61. The zero-order valence-electron chi connectivity index (χ0n) is 16.9. The number of fused-ring (bicyclic) bond motifs is 1. The predicted octanol–water partition coefficient (Wildman–Crippen LogP) is 4.02. The Morgan fingerprint density at radius 3 is 2.87 bits per heavy atom. The molecule has 0 aliphatic heterocycles. The molecule has 1 saturated carbocycles. The number of hydrogen-bond acceptors (Lipinski definition) is 6. The second kappa shape index (κ2) is 8.60. The summed E-state index contributed by atoms with van der Waals surface area (Å²) in [6.07, 6.45) is 4.78. The number of ether oxygens (including phenoxy) is 2. The van der Waals surface area contributed by atoms with Crippen LogP contribution in [0.25, 0.3) is 11.1 Å². The molecule has 0 spiro atoms. The highest BCUT2D eigenvalue weighted by Crippen LogP contribution is 2.50. The molecule has 2 unspecified atom stereocenters. The molecule has 0 saturated heterocycles. The van der Waals surface area contributed by atoms with Gasteiger partial charge in [0.25, 0.3) is 5.92 Å². The van der Waals surface area contributed by atoms with E-state index < -0.39 is 23.6 Å². The van der Waals surface area contributed by atoms with E-state index in [0.29, 0.717) is 29.4 Å². The highest BCUT2D eigenvalue weighted by atomic mass is 19.3. The number of nitrogens with one attached hydrogen (secondary N) is 1. The molecule has 10 heteroatoms. The van der Waals surface area contributed by atoms with E-state index in [4.69, 9.17) is 13.9 Å². The maximum Gasteiger partial charge on any atom is 0.251 e. The Bertz CT molecular complexity index is 1030. The largest absolute Gasteiger partial charge is 0.491 e. The van der Waals surface area contributed by atoms with Crippen LogP contribution in [-0.4, -0.2) is 41.6 Å². The van der Waals surface area contributed by atoms with E-state index in [0.717, 1.165) is 0 Å². The first-order valence-corrected chi connectivity index (χ1v) is 10.0. The van der Waals surface area contributed by atoms with E-state index in [-0.39, 0.29) is 44.1 Å². The van der Waals surface area contributed by atoms with Crippen molar-refractivity contribution in [2.45, 2.75) is 38.0 Å². The lowest BCUT2D eigenvalue weighted by Crippen LogP contribution is -2.25. The van der Waals surface area contributed by atoms with Crippen LogP contribution < -0.4 is 10.1 Å². The number of hydrogen-bond donors (Lipinski definition) is 1. The van der Waals surface area contributed by atoms with Gasteiger partial charge in [-0.05, 0) is 12.5 Å². The summed E-state index contributed by atoms with van der Waals surface area (Å²) in [6, 6.07) is 1.58. The third kappa shape index (κ3) is 5.18. The average molecular weight is 437 g/mol. The number of amides is 1. The topological polar surface area (TPSA) is 86.5 Å². The Morgan fingerprint density at radius 1 is 1.35 bits per heavy atom. The lowest BCUT2D eigenvalue weighted by Gasteiger charge is -2.16. The molecular weight excluding hydrogens is 415 g/mol. The number of aromatic nitrogens is 2. The minimum Gasteiger partial charge on any atom is -0.491 e. The van der Waals surface area contributed by atoms with Crippen molar-refractivity contribution < 1.29 is 31.9 Å². The number of carbonyl (C=O) groups is 1. The molecule has 4 rings (SSSR count). The summed E-state index contributed by atoms with van der Waals surface area (Å²) >= 11 is 0. The highest BCUT2D eigenvalue weighted by molar-refractivity contribution is 5.73. The molecule has 0 aromatic carbocycles. The van der Waals surface area contributed by atoms with Crippen LogP contribution in [-0.2, 0) is 9.53 Å². The van der Waals surface area contributed by atoms with Gasteiger partial charge >= 0.3 is 0 Å². The number of halogens is 3. The van der Waals surface area contributed by atoms with Gasteiger partial charge in [-0.1, -0.05) is 6.08 Å². The standard InChI is InChI=1S/C21H22F3N3O4/c1-12(28)25-5-7-30-19-9-18-16(11-26-19)27-20(31-18)13-2-3-17(15(22)8-13)29-6-4-14-10-21(14,23)24/h2-3,9,11,13-14H,4-8,10H2,1H3,(H,25,28). The van der Waals surface area contributed by atoms with E-state index in [9.17, 15) is 18.0 Å². The minimum atomic E-state index is -2.60. The smallest absolute Gasteiger partial charge is 0.251 e. The van der Waals surface area contributed by atoms with Crippen LogP contribution in [0.1, 0.15) is 38.0 Å². The van der Waals surface area contributed by atoms with Gasteiger partial charge in [0, 0.05) is 31.7 Å². The van der Waals surface area contributed by atoms with Crippen LogP contribution in [0.5, 0.6) is 5.88 Å². The third-order valence-corrected chi connectivity index (χ3v) is 5.14. The Hall–Kier alpha value is -3.04. The van der Waals surface area contributed by atoms with E-state index in [1.807, 2.05) is 0 Å². The normalized spacial score (nSPS) is 21.9. The monoisotopic (exact) mass is 437 g/mol. The minimum absolute atomic E-state index is 0.00570. The van der Waals surface area contributed by atoms with Gasteiger partial charge in [0.2, 0.25) is 17.7 Å². The number of alkyl halides is 2. The number of nitrogens with zero attached hydrogens (tertiary/aromatic N) is 2. The van der Waals surface area contributed by atoms with Crippen molar-refractivity contribution in [3.8, 4) is 5.88 Å². The van der Waals surface area contributed by atoms with Gasteiger partial charge in [0.1, 0.15) is 23.7 Å². The van der Waals surface area contributed by atoms with Crippen LogP contribution in [0.15, 0.2) is 40.4 Å². The molecule has 2 aromatic rings. The maximum atomic E-state index is 14.4. The number of rotatable bonds is 9. The fraction of sp³-hybridized carbons (Fsp3) is 0.476.